The molecule has 0 saturated carbocycles. The summed E-state index contributed by atoms with van der Waals surface area (Å²) in [5, 5.41) is 4.59. The maximum atomic E-state index is 13.7. The van der Waals surface area contributed by atoms with Crippen LogP contribution in [0, 0.1) is 6.92 Å². The van der Waals surface area contributed by atoms with Gasteiger partial charge in [0.2, 0.25) is 5.91 Å². The minimum atomic E-state index is -4.85. The number of hydrogen-bond acceptors (Lipinski definition) is 3. The molecule has 0 aliphatic carbocycles. The van der Waals surface area contributed by atoms with Gasteiger partial charge in [-0.25, -0.2) is 4.68 Å². The standard InChI is InChI=1S/C22H18F3N5O2/c1-13-6-8-15(9-7-13)30-20(22(23,24)25)17(12-27-30)21(32)29-28-19(31)10-14-11-26-18-5-3-2-4-16(14)18/h2-9,11-12,26H,10H2,1H3,(H,28,31)(H,29,32). The molecule has 164 valence electrons. The van der Waals surface area contributed by atoms with E-state index in [2.05, 4.69) is 15.5 Å². The first kappa shape index (κ1) is 21.2. The molecule has 7 nitrogen and oxygen atoms in total. The van der Waals surface area contributed by atoms with Crippen LogP contribution in [0.2, 0.25) is 0 Å². The van der Waals surface area contributed by atoms with Crippen LogP contribution in [0.15, 0.2) is 60.9 Å². The molecule has 0 aliphatic heterocycles. The lowest BCUT2D eigenvalue weighted by Gasteiger charge is -2.13. The molecule has 0 fully saturated rings. The van der Waals surface area contributed by atoms with Gasteiger partial charge in [-0.1, -0.05) is 35.9 Å². The van der Waals surface area contributed by atoms with E-state index in [1.54, 1.807) is 25.3 Å². The lowest BCUT2D eigenvalue weighted by Crippen LogP contribution is -2.42. The molecule has 4 rings (SSSR count). The van der Waals surface area contributed by atoms with Crippen molar-refractivity contribution in [3.05, 3.63) is 83.3 Å². The van der Waals surface area contributed by atoms with Gasteiger partial charge in [-0.05, 0) is 30.7 Å². The number of H-pyrrole nitrogens is 1. The molecule has 0 bridgehead atoms. The molecule has 0 spiro atoms. The average Bonchev–Trinajstić information content (AvgIpc) is 3.38. The summed E-state index contributed by atoms with van der Waals surface area (Å²) in [7, 11) is 0. The zero-order valence-electron chi connectivity index (χ0n) is 16.8. The van der Waals surface area contributed by atoms with Gasteiger partial charge >= 0.3 is 6.18 Å². The van der Waals surface area contributed by atoms with Crippen molar-refractivity contribution in [3.63, 3.8) is 0 Å². The number of nitrogens with one attached hydrogen (secondary N) is 3. The lowest BCUT2D eigenvalue weighted by atomic mass is 10.1. The highest BCUT2D eigenvalue weighted by Crippen LogP contribution is 2.33. The zero-order chi connectivity index (χ0) is 22.9. The van der Waals surface area contributed by atoms with Crippen LogP contribution in [-0.4, -0.2) is 26.6 Å². The highest BCUT2D eigenvalue weighted by molar-refractivity contribution is 5.97. The number of aromatic nitrogens is 3. The number of rotatable bonds is 4. The molecule has 0 aliphatic rings. The molecule has 2 amide bonds. The summed E-state index contributed by atoms with van der Waals surface area (Å²) in [6, 6.07) is 13.6. The summed E-state index contributed by atoms with van der Waals surface area (Å²) < 4.78 is 41.9. The first-order valence-corrected chi connectivity index (χ1v) is 9.60. The Morgan fingerprint density at radius 2 is 1.78 bits per heavy atom. The molecule has 0 saturated heterocycles. The van der Waals surface area contributed by atoms with E-state index in [4.69, 9.17) is 0 Å². The Balaban J connectivity index is 1.50. The molecule has 0 radical (unpaired) electrons. The molecular weight excluding hydrogens is 423 g/mol. The second-order valence-corrected chi connectivity index (χ2v) is 7.19. The molecule has 4 aromatic rings. The summed E-state index contributed by atoms with van der Waals surface area (Å²) in [6.07, 6.45) is -2.43. The molecule has 0 unspecified atom stereocenters. The summed E-state index contributed by atoms with van der Waals surface area (Å²) in [4.78, 5) is 27.7. The van der Waals surface area contributed by atoms with Crippen molar-refractivity contribution < 1.29 is 22.8 Å². The van der Waals surface area contributed by atoms with Crippen LogP contribution in [0.25, 0.3) is 16.6 Å². The maximum absolute atomic E-state index is 13.7. The Bertz CT molecular complexity index is 1290. The molecule has 32 heavy (non-hydrogen) atoms. The Morgan fingerprint density at radius 3 is 2.50 bits per heavy atom. The minimum absolute atomic E-state index is 0.0704. The van der Waals surface area contributed by atoms with Crippen molar-refractivity contribution in [2.75, 3.05) is 0 Å². The van der Waals surface area contributed by atoms with E-state index in [0.29, 0.717) is 10.2 Å². The quantitative estimate of drug-likeness (QED) is 0.422. The van der Waals surface area contributed by atoms with Crippen LogP contribution in [0.1, 0.15) is 27.2 Å². The van der Waals surface area contributed by atoms with Gasteiger partial charge in [-0.2, -0.15) is 18.3 Å². The predicted octanol–water partition coefficient (Wildman–Crippen LogP) is 3.68. The monoisotopic (exact) mass is 441 g/mol. The van der Waals surface area contributed by atoms with Gasteiger partial charge < -0.3 is 4.98 Å². The van der Waals surface area contributed by atoms with Gasteiger partial charge in [0.1, 0.15) is 0 Å². The summed E-state index contributed by atoms with van der Waals surface area (Å²) in [5.74, 6) is -1.70. The molecule has 0 atom stereocenters. The highest BCUT2D eigenvalue weighted by Gasteiger charge is 2.40. The minimum Gasteiger partial charge on any atom is -0.361 e. The van der Waals surface area contributed by atoms with E-state index < -0.39 is 29.2 Å². The summed E-state index contributed by atoms with van der Waals surface area (Å²) >= 11 is 0. The second-order valence-electron chi connectivity index (χ2n) is 7.19. The van der Waals surface area contributed by atoms with Crippen LogP contribution in [0.5, 0.6) is 0 Å². The lowest BCUT2D eigenvalue weighted by molar-refractivity contribution is -0.143. The SMILES string of the molecule is Cc1ccc(-n2ncc(C(=O)NNC(=O)Cc3c[nH]c4ccccc34)c2C(F)(F)F)cc1. The Hall–Kier alpha value is -4.08. The fraction of sp³-hybridized carbons (Fsp3) is 0.136. The number of alkyl halides is 3. The fourth-order valence-electron chi connectivity index (χ4n) is 3.36. The third-order valence-corrected chi connectivity index (χ3v) is 4.90. The van der Waals surface area contributed by atoms with E-state index >= 15 is 0 Å². The van der Waals surface area contributed by atoms with Gasteiger partial charge in [0.25, 0.3) is 5.91 Å². The number of hydrogen-bond donors (Lipinski definition) is 3. The molecule has 2 aromatic carbocycles. The average molecular weight is 441 g/mol. The zero-order valence-corrected chi connectivity index (χ0v) is 16.8. The number of carbonyl (C=O) groups is 2. The van der Waals surface area contributed by atoms with Gasteiger partial charge in [0.15, 0.2) is 5.69 Å². The van der Waals surface area contributed by atoms with Gasteiger partial charge in [0.05, 0.1) is 23.9 Å². The molecule has 2 aromatic heterocycles. The molecule has 10 heteroatoms. The number of para-hydroxylation sites is 1. The van der Waals surface area contributed by atoms with Crippen molar-refractivity contribution >= 4 is 22.7 Å². The normalized spacial score (nSPS) is 11.5. The van der Waals surface area contributed by atoms with Crippen molar-refractivity contribution in [2.45, 2.75) is 19.5 Å². The molecule has 3 N–H and O–H groups in total. The second kappa shape index (κ2) is 8.22. The maximum Gasteiger partial charge on any atom is 0.434 e. The third kappa shape index (κ3) is 4.20. The first-order chi connectivity index (χ1) is 15.2. The van der Waals surface area contributed by atoms with Crippen molar-refractivity contribution in [2.24, 2.45) is 0 Å². The number of nitrogens with zero attached hydrogens (tertiary/aromatic N) is 2. The van der Waals surface area contributed by atoms with Crippen molar-refractivity contribution in [1.29, 1.82) is 0 Å². The van der Waals surface area contributed by atoms with E-state index in [0.717, 1.165) is 22.7 Å². The topological polar surface area (TPSA) is 91.8 Å². The number of aromatic amines is 1. The number of fused-ring (bicyclic) bond motifs is 1. The van der Waals surface area contributed by atoms with E-state index in [1.807, 2.05) is 29.7 Å². The Labute approximate surface area is 180 Å². The van der Waals surface area contributed by atoms with E-state index in [9.17, 15) is 22.8 Å². The fourth-order valence-corrected chi connectivity index (χ4v) is 3.36. The smallest absolute Gasteiger partial charge is 0.361 e. The Morgan fingerprint density at radius 1 is 1.06 bits per heavy atom. The van der Waals surface area contributed by atoms with E-state index in [1.165, 1.54) is 12.1 Å². The van der Waals surface area contributed by atoms with Crippen LogP contribution in [0.4, 0.5) is 13.2 Å². The number of amides is 2. The number of hydrazine groups is 1. The van der Waals surface area contributed by atoms with Gasteiger partial charge in [0, 0.05) is 17.1 Å². The number of halogens is 3. The van der Waals surface area contributed by atoms with Crippen LogP contribution in [-0.2, 0) is 17.4 Å². The summed E-state index contributed by atoms with van der Waals surface area (Å²) in [5.41, 5.74) is 4.83. The van der Waals surface area contributed by atoms with Crippen LogP contribution < -0.4 is 10.9 Å². The number of benzene rings is 2. The third-order valence-electron chi connectivity index (χ3n) is 4.90. The van der Waals surface area contributed by atoms with Crippen molar-refractivity contribution in [1.82, 2.24) is 25.6 Å². The van der Waals surface area contributed by atoms with Gasteiger partial charge in [-0.3, -0.25) is 20.4 Å². The Kier molecular flexibility index (Phi) is 5.43. The molecule has 2 heterocycles. The predicted molar refractivity (Wildman–Crippen MR) is 111 cm³/mol. The summed E-state index contributed by atoms with van der Waals surface area (Å²) in [6.45, 7) is 1.80. The van der Waals surface area contributed by atoms with Gasteiger partial charge in [-0.15, -0.1) is 0 Å². The largest absolute Gasteiger partial charge is 0.434 e. The number of aryl methyl sites for hydroxylation is 1. The van der Waals surface area contributed by atoms with Crippen LogP contribution >= 0.6 is 0 Å². The van der Waals surface area contributed by atoms with Crippen molar-refractivity contribution in [3.8, 4) is 5.69 Å². The highest BCUT2D eigenvalue weighted by atomic mass is 19.4. The van der Waals surface area contributed by atoms with Crippen LogP contribution in [0.3, 0.4) is 0 Å². The number of carbonyl (C=O) groups excluding carboxylic acids is 2. The first-order valence-electron chi connectivity index (χ1n) is 9.60. The van der Waals surface area contributed by atoms with E-state index in [-0.39, 0.29) is 12.1 Å². The molecular formula is C22H18F3N5O2.